The predicted octanol–water partition coefficient (Wildman–Crippen LogP) is 3.55. The second kappa shape index (κ2) is 10.1. The van der Waals surface area contributed by atoms with Gasteiger partial charge >= 0.3 is 0 Å². The summed E-state index contributed by atoms with van der Waals surface area (Å²) < 4.78 is 2.06. The van der Waals surface area contributed by atoms with Gasteiger partial charge in [-0.05, 0) is 31.4 Å². The molecule has 1 fully saturated rings. The number of carbonyl (C=O) groups excluding carboxylic acids is 1. The summed E-state index contributed by atoms with van der Waals surface area (Å²) in [7, 11) is 0. The molecule has 1 aliphatic rings. The molecule has 0 N–H and O–H groups in total. The molecular formula is C21H27N5OS. The van der Waals surface area contributed by atoms with E-state index in [-0.39, 0.29) is 5.91 Å². The van der Waals surface area contributed by atoms with Crippen molar-refractivity contribution in [3.05, 3.63) is 55.6 Å². The first-order valence-corrected chi connectivity index (χ1v) is 10.6. The molecule has 2 aromatic rings. The summed E-state index contributed by atoms with van der Waals surface area (Å²) >= 11 is 1.42. The largest absolute Gasteiger partial charge is 0.341 e. The number of carbonyl (C=O) groups is 1. The Morgan fingerprint density at radius 2 is 1.75 bits per heavy atom. The first-order chi connectivity index (χ1) is 13.7. The van der Waals surface area contributed by atoms with E-state index in [1.165, 1.54) is 31.0 Å². The molecule has 1 aliphatic heterocycles. The lowest BCUT2D eigenvalue weighted by atomic mass is 10.1. The monoisotopic (exact) mass is 397 g/mol. The molecule has 0 unspecified atom stereocenters. The molecule has 1 aromatic carbocycles. The molecule has 0 aliphatic carbocycles. The predicted molar refractivity (Wildman–Crippen MR) is 115 cm³/mol. The van der Waals surface area contributed by atoms with Gasteiger partial charge in [-0.3, -0.25) is 9.36 Å². The molecule has 6 nitrogen and oxygen atoms in total. The third-order valence-corrected chi connectivity index (χ3v) is 5.56. The summed E-state index contributed by atoms with van der Waals surface area (Å²) in [6.07, 6.45) is 7.05. The molecule has 1 aromatic heterocycles. The number of piperidine rings is 1. The zero-order chi connectivity index (χ0) is 19.8. The van der Waals surface area contributed by atoms with E-state index in [4.69, 9.17) is 0 Å². The molecule has 28 heavy (non-hydrogen) atoms. The Kier molecular flexibility index (Phi) is 7.31. The van der Waals surface area contributed by atoms with Crippen molar-refractivity contribution in [2.45, 2.75) is 24.4 Å². The quantitative estimate of drug-likeness (QED) is 0.478. The van der Waals surface area contributed by atoms with Crippen molar-refractivity contribution in [1.82, 2.24) is 19.7 Å². The molecule has 0 saturated carbocycles. The van der Waals surface area contributed by atoms with Crippen molar-refractivity contribution in [1.29, 1.82) is 0 Å². The lowest BCUT2D eigenvalue weighted by Gasteiger charge is -2.27. The minimum Gasteiger partial charge on any atom is -0.341 e. The summed E-state index contributed by atoms with van der Waals surface area (Å²) in [5.74, 6) is 1.19. The Labute approximate surface area is 170 Å². The number of thioether (sulfide) groups is 1. The summed E-state index contributed by atoms with van der Waals surface area (Å²) in [4.78, 5) is 16.6. The van der Waals surface area contributed by atoms with Crippen LogP contribution in [0.4, 0.5) is 5.95 Å². The number of nitrogens with zero attached hydrogens (tertiary/aromatic N) is 5. The van der Waals surface area contributed by atoms with Crippen molar-refractivity contribution in [2.75, 3.05) is 36.8 Å². The van der Waals surface area contributed by atoms with Crippen LogP contribution in [-0.4, -0.2) is 57.5 Å². The van der Waals surface area contributed by atoms with Crippen LogP contribution in [0.3, 0.4) is 0 Å². The lowest BCUT2D eigenvalue weighted by Crippen LogP contribution is -2.33. The third-order valence-electron chi connectivity index (χ3n) is 4.65. The fraction of sp³-hybridized carbons (Fsp3) is 0.381. The Bertz CT molecular complexity index is 788. The molecule has 2 heterocycles. The molecule has 3 rings (SSSR count). The van der Waals surface area contributed by atoms with Crippen molar-refractivity contribution in [2.24, 2.45) is 0 Å². The van der Waals surface area contributed by atoms with E-state index < -0.39 is 0 Å². The van der Waals surface area contributed by atoms with Crippen LogP contribution in [0.2, 0.25) is 0 Å². The average molecular weight is 398 g/mol. The highest BCUT2D eigenvalue weighted by atomic mass is 32.2. The highest BCUT2D eigenvalue weighted by Gasteiger charge is 2.22. The van der Waals surface area contributed by atoms with Gasteiger partial charge in [0, 0.05) is 26.2 Å². The Morgan fingerprint density at radius 1 is 1.07 bits per heavy atom. The molecule has 1 amide bonds. The highest BCUT2D eigenvalue weighted by Crippen LogP contribution is 2.28. The van der Waals surface area contributed by atoms with Crippen LogP contribution in [0.15, 0.2) is 60.8 Å². The summed E-state index contributed by atoms with van der Waals surface area (Å²) in [5.41, 5.74) is 1.01. The second-order valence-electron chi connectivity index (χ2n) is 6.67. The molecule has 0 spiro atoms. The molecule has 0 bridgehead atoms. The summed E-state index contributed by atoms with van der Waals surface area (Å²) in [6, 6.07) is 10.1. The number of aromatic nitrogens is 3. The molecule has 0 radical (unpaired) electrons. The van der Waals surface area contributed by atoms with Crippen LogP contribution in [0.25, 0.3) is 5.69 Å². The van der Waals surface area contributed by atoms with Crippen molar-refractivity contribution in [3.8, 4) is 5.69 Å². The number of anilines is 1. The maximum absolute atomic E-state index is 12.6. The maximum Gasteiger partial charge on any atom is 0.233 e. The fourth-order valence-corrected chi connectivity index (χ4v) is 4.11. The topological polar surface area (TPSA) is 54.3 Å². The van der Waals surface area contributed by atoms with Gasteiger partial charge in [-0.25, -0.2) is 0 Å². The average Bonchev–Trinajstić information content (AvgIpc) is 3.17. The van der Waals surface area contributed by atoms with Gasteiger partial charge in [0.1, 0.15) is 0 Å². The molecule has 0 atom stereocenters. The van der Waals surface area contributed by atoms with E-state index in [0.717, 1.165) is 29.9 Å². The highest BCUT2D eigenvalue weighted by molar-refractivity contribution is 7.99. The number of hydrogen-bond donors (Lipinski definition) is 0. The van der Waals surface area contributed by atoms with E-state index in [2.05, 4.69) is 32.8 Å². The SMILES string of the molecule is C=CCN(CC=C)C(=O)CSc1nnc(N2CCCCC2)n1-c1ccccc1. The van der Waals surface area contributed by atoms with E-state index in [9.17, 15) is 4.79 Å². The fourth-order valence-electron chi connectivity index (χ4n) is 3.26. The van der Waals surface area contributed by atoms with Crippen molar-refractivity contribution < 1.29 is 4.79 Å². The lowest BCUT2D eigenvalue weighted by molar-refractivity contribution is -0.127. The van der Waals surface area contributed by atoms with Gasteiger partial charge in [-0.1, -0.05) is 42.1 Å². The van der Waals surface area contributed by atoms with Gasteiger partial charge in [0.15, 0.2) is 5.16 Å². The van der Waals surface area contributed by atoms with Crippen molar-refractivity contribution in [3.63, 3.8) is 0 Å². The third kappa shape index (κ3) is 4.84. The molecule has 148 valence electrons. The summed E-state index contributed by atoms with van der Waals surface area (Å²) in [5, 5.41) is 9.62. The molecule has 7 heteroatoms. The minimum atomic E-state index is 0.0342. The van der Waals surface area contributed by atoms with Gasteiger partial charge < -0.3 is 9.80 Å². The zero-order valence-corrected chi connectivity index (χ0v) is 17.0. The number of para-hydroxylation sites is 1. The Balaban J connectivity index is 1.82. The molecular weight excluding hydrogens is 370 g/mol. The maximum atomic E-state index is 12.6. The van der Waals surface area contributed by atoms with Gasteiger partial charge in [0.25, 0.3) is 0 Å². The van der Waals surface area contributed by atoms with Crippen molar-refractivity contribution >= 4 is 23.6 Å². The first kappa shape index (κ1) is 20.2. The minimum absolute atomic E-state index is 0.0342. The van der Waals surface area contributed by atoms with Crippen LogP contribution in [-0.2, 0) is 4.79 Å². The standard InChI is InChI=1S/C21H27N5OS/c1-3-13-24(14-4-2)19(27)17-28-21-23-22-20(25-15-9-6-10-16-25)26(21)18-11-7-5-8-12-18/h3-5,7-8,11-12H,1-2,6,9-10,13-17H2. The van der Waals surface area contributed by atoms with Gasteiger partial charge in [-0.2, -0.15) is 0 Å². The number of amides is 1. The normalized spacial score (nSPS) is 13.9. The van der Waals surface area contributed by atoms with E-state index in [1.807, 2.05) is 30.3 Å². The van der Waals surface area contributed by atoms with Crippen LogP contribution >= 0.6 is 11.8 Å². The van der Waals surface area contributed by atoms with E-state index >= 15 is 0 Å². The van der Waals surface area contributed by atoms with Gasteiger partial charge in [0.05, 0.1) is 11.4 Å². The van der Waals surface area contributed by atoms with E-state index in [1.54, 1.807) is 17.1 Å². The zero-order valence-electron chi connectivity index (χ0n) is 16.2. The first-order valence-electron chi connectivity index (χ1n) is 9.62. The van der Waals surface area contributed by atoms with Crippen LogP contribution in [0, 0.1) is 0 Å². The smallest absolute Gasteiger partial charge is 0.233 e. The van der Waals surface area contributed by atoms with E-state index in [0.29, 0.717) is 18.8 Å². The Hall–Kier alpha value is -2.54. The second-order valence-corrected chi connectivity index (χ2v) is 7.61. The molecule has 1 saturated heterocycles. The van der Waals surface area contributed by atoms with Crippen LogP contribution in [0.1, 0.15) is 19.3 Å². The van der Waals surface area contributed by atoms with Crippen LogP contribution in [0.5, 0.6) is 0 Å². The number of rotatable bonds is 9. The number of hydrogen-bond acceptors (Lipinski definition) is 5. The Morgan fingerprint density at radius 3 is 2.39 bits per heavy atom. The van der Waals surface area contributed by atoms with Crippen LogP contribution < -0.4 is 4.90 Å². The summed E-state index contributed by atoms with van der Waals surface area (Å²) in [6.45, 7) is 10.4. The van der Waals surface area contributed by atoms with Gasteiger partial charge in [0.2, 0.25) is 11.9 Å². The number of benzene rings is 1. The van der Waals surface area contributed by atoms with Gasteiger partial charge in [-0.15, -0.1) is 23.4 Å².